The van der Waals surface area contributed by atoms with Gasteiger partial charge in [-0.25, -0.2) is 0 Å². The number of ether oxygens (including phenoxy) is 3. The molecule has 0 spiro atoms. The Balaban J connectivity index is 1.71. The molecular weight excluding hydrogens is 432 g/mol. The normalized spacial score (nSPS) is 13.3. The van der Waals surface area contributed by atoms with Crippen LogP contribution in [0.4, 0.5) is 5.69 Å². The first-order chi connectivity index (χ1) is 16.5. The maximum atomic E-state index is 13.5. The molecule has 0 atom stereocenters. The van der Waals surface area contributed by atoms with E-state index in [0.717, 1.165) is 11.3 Å². The molecule has 1 N–H and O–H groups in total. The number of carbonyl (C=O) groups excluding carboxylic acids is 2. The van der Waals surface area contributed by atoms with Gasteiger partial charge in [-0.3, -0.25) is 14.5 Å². The molecule has 7 heteroatoms. The lowest BCUT2D eigenvalue weighted by Crippen LogP contribution is -2.32. The van der Waals surface area contributed by atoms with Crippen LogP contribution in [-0.2, 0) is 16.1 Å². The van der Waals surface area contributed by atoms with Crippen molar-refractivity contribution in [2.24, 2.45) is 0 Å². The van der Waals surface area contributed by atoms with Crippen LogP contribution >= 0.6 is 0 Å². The van der Waals surface area contributed by atoms with Gasteiger partial charge >= 0.3 is 0 Å². The average molecular weight is 459 g/mol. The quantitative estimate of drug-likeness (QED) is 0.476. The SMILES string of the molecule is CCOc1ccc(NC2=C(c3ccc(OC)cc3)C(=O)N(Cc3ccccc3OC)C2=O)cc1. The lowest BCUT2D eigenvalue weighted by Gasteiger charge is -2.17. The first kappa shape index (κ1) is 22.9. The zero-order chi connectivity index (χ0) is 24.1. The van der Waals surface area contributed by atoms with E-state index < -0.39 is 5.91 Å². The molecule has 0 fully saturated rings. The van der Waals surface area contributed by atoms with Crippen molar-refractivity contribution in [3.63, 3.8) is 0 Å². The molecule has 0 bridgehead atoms. The highest BCUT2D eigenvalue weighted by Gasteiger charge is 2.39. The molecule has 3 aromatic rings. The van der Waals surface area contributed by atoms with Crippen LogP contribution in [0.5, 0.6) is 17.2 Å². The van der Waals surface area contributed by atoms with E-state index in [1.807, 2.05) is 49.4 Å². The van der Waals surface area contributed by atoms with Crippen molar-refractivity contribution < 1.29 is 23.8 Å². The number of anilines is 1. The lowest BCUT2D eigenvalue weighted by molar-refractivity contribution is -0.137. The van der Waals surface area contributed by atoms with E-state index in [1.165, 1.54) is 4.90 Å². The summed E-state index contributed by atoms with van der Waals surface area (Å²) in [5, 5.41) is 3.16. The van der Waals surface area contributed by atoms with Gasteiger partial charge in [0.25, 0.3) is 11.8 Å². The van der Waals surface area contributed by atoms with Crippen molar-refractivity contribution in [1.29, 1.82) is 0 Å². The van der Waals surface area contributed by atoms with Gasteiger partial charge in [-0.1, -0.05) is 30.3 Å². The summed E-state index contributed by atoms with van der Waals surface area (Å²) in [4.78, 5) is 28.3. The van der Waals surface area contributed by atoms with E-state index in [-0.39, 0.29) is 18.1 Å². The zero-order valence-corrected chi connectivity index (χ0v) is 19.3. The Kier molecular flexibility index (Phi) is 6.82. The van der Waals surface area contributed by atoms with Gasteiger partial charge < -0.3 is 19.5 Å². The maximum absolute atomic E-state index is 13.5. The van der Waals surface area contributed by atoms with Crippen LogP contribution in [0.3, 0.4) is 0 Å². The van der Waals surface area contributed by atoms with Crippen molar-refractivity contribution >= 4 is 23.1 Å². The standard InChI is InChI=1S/C27H26N2O5/c1-4-34-22-15-11-20(12-16-22)28-25-24(18-9-13-21(32-2)14-10-18)26(30)29(27(25)31)17-19-7-5-6-8-23(19)33-3/h5-16,28H,4,17H2,1-3H3. The second kappa shape index (κ2) is 10.1. The van der Waals surface area contributed by atoms with Crippen LogP contribution in [0.15, 0.2) is 78.5 Å². The Bertz CT molecular complexity index is 1220. The van der Waals surface area contributed by atoms with Crippen molar-refractivity contribution in [2.45, 2.75) is 13.5 Å². The number of benzene rings is 3. The molecule has 34 heavy (non-hydrogen) atoms. The fourth-order valence-corrected chi connectivity index (χ4v) is 3.81. The van der Waals surface area contributed by atoms with Gasteiger partial charge in [0.15, 0.2) is 0 Å². The number of para-hydroxylation sites is 1. The molecule has 7 nitrogen and oxygen atoms in total. The third kappa shape index (κ3) is 4.59. The number of hydrogen-bond acceptors (Lipinski definition) is 6. The Morgan fingerprint density at radius 3 is 2.12 bits per heavy atom. The van der Waals surface area contributed by atoms with Crippen molar-refractivity contribution in [3.05, 3.63) is 89.6 Å². The lowest BCUT2D eigenvalue weighted by atomic mass is 10.0. The summed E-state index contributed by atoms with van der Waals surface area (Å²) in [6.07, 6.45) is 0. The second-order valence-electron chi connectivity index (χ2n) is 7.57. The number of methoxy groups -OCH3 is 2. The summed E-state index contributed by atoms with van der Waals surface area (Å²) >= 11 is 0. The zero-order valence-electron chi connectivity index (χ0n) is 19.3. The van der Waals surface area contributed by atoms with Crippen LogP contribution in [-0.4, -0.2) is 37.5 Å². The minimum Gasteiger partial charge on any atom is -0.497 e. The molecule has 0 radical (unpaired) electrons. The number of hydrogen-bond donors (Lipinski definition) is 1. The van der Waals surface area contributed by atoms with Gasteiger partial charge in [0, 0.05) is 11.3 Å². The smallest absolute Gasteiger partial charge is 0.278 e. The third-order valence-electron chi connectivity index (χ3n) is 5.50. The highest BCUT2D eigenvalue weighted by atomic mass is 16.5. The summed E-state index contributed by atoms with van der Waals surface area (Å²) in [7, 11) is 3.14. The topological polar surface area (TPSA) is 77.1 Å². The summed E-state index contributed by atoms with van der Waals surface area (Å²) in [5.74, 6) is 1.21. The number of rotatable bonds is 9. The molecule has 3 aromatic carbocycles. The first-order valence-corrected chi connectivity index (χ1v) is 10.9. The van der Waals surface area contributed by atoms with E-state index in [4.69, 9.17) is 14.2 Å². The monoisotopic (exact) mass is 458 g/mol. The largest absolute Gasteiger partial charge is 0.497 e. The van der Waals surface area contributed by atoms with E-state index in [0.29, 0.717) is 34.9 Å². The molecule has 0 aromatic heterocycles. The van der Waals surface area contributed by atoms with E-state index in [2.05, 4.69) is 5.32 Å². The van der Waals surface area contributed by atoms with Crippen LogP contribution in [0, 0.1) is 0 Å². The number of nitrogens with zero attached hydrogens (tertiary/aromatic N) is 1. The van der Waals surface area contributed by atoms with Crippen molar-refractivity contribution in [2.75, 3.05) is 26.1 Å². The second-order valence-corrected chi connectivity index (χ2v) is 7.57. The van der Waals surface area contributed by atoms with Crippen LogP contribution in [0.25, 0.3) is 5.57 Å². The summed E-state index contributed by atoms with van der Waals surface area (Å²) < 4.78 is 16.1. The predicted molar refractivity (Wildman–Crippen MR) is 130 cm³/mol. The molecule has 1 heterocycles. The van der Waals surface area contributed by atoms with Crippen LogP contribution in [0.1, 0.15) is 18.1 Å². The molecule has 4 rings (SSSR count). The minimum absolute atomic E-state index is 0.0930. The fraction of sp³-hybridized carbons (Fsp3) is 0.185. The van der Waals surface area contributed by atoms with Crippen molar-refractivity contribution in [1.82, 2.24) is 4.90 Å². The Morgan fingerprint density at radius 2 is 1.47 bits per heavy atom. The molecule has 0 saturated heterocycles. The number of carbonyl (C=O) groups is 2. The van der Waals surface area contributed by atoms with Crippen molar-refractivity contribution in [3.8, 4) is 17.2 Å². The predicted octanol–water partition coefficient (Wildman–Crippen LogP) is 4.49. The molecule has 0 saturated carbocycles. The molecule has 174 valence electrons. The Morgan fingerprint density at radius 1 is 0.794 bits per heavy atom. The van der Waals surface area contributed by atoms with Gasteiger partial charge in [0.1, 0.15) is 22.9 Å². The highest BCUT2D eigenvalue weighted by Crippen LogP contribution is 2.33. The van der Waals surface area contributed by atoms with E-state index in [9.17, 15) is 9.59 Å². The van der Waals surface area contributed by atoms with Gasteiger partial charge in [0.2, 0.25) is 0 Å². The van der Waals surface area contributed by atoms with Gasteiger partial charge in [0.05, 0.1) is 32.9 Å². The van der Waals surface area contributed by atoms with Crippen LogP contribution in [0.2, 0.25) is 0 Å². The fourth-order valence-electron chi connectivity index (χ4n) is 3.81. The Hall–Kier alpha value is -4.26. The Labute approximate surface area is 198 Å². The first-order valence-electron chi connectivity index (χ1n) is 10.9. The number of nitrogens with one attached hydrogen (secondary N) is 1. The van der Waals surface area contributed by atoms with Crippen LogP contribution < -0.4 is 19.5 Å². The van der Waals surface area contributed by atoms with Gasteiger partial charge in [-0.05, 0) is 55.0 Å². The average Bonchev–Trinajstić information content (AvgIpc) is 3.10. The molecule has 1 aliphatic rings. The minimum atomic E-state index is -0.407. The van der Waals surface area contributed by atoms with Gasteiger partial charge in [-0.15, -0.1) is 0 Å². The molecule has 1 aliphatic heterocycles. The molecular formula is C27H26N2O5. The third-order valence-corrected chi connectivity index (χ3v) is 5.50. The molecule has 0 unspecified atom stereocenters. The summed E-state index contributed by atoms with van der Waals surface area (Å²) in [6, 6.07) is 21.6. The summed E-state index contributed by atoms with van der Waals surface area (Å²) in [5.41, 5.74) is 2.55. The summed E-state index contributed by atoms with van der Waals surface area (Å²) in [6.45, 7) is 2.57. The van der Waals surface area contributed by atoms with E-state index in [1.54, 1.807) is 44.6 Å². The molecule has 2 amide bonds. The highest BCUT2D eigenvalue weighted by molar-refractivity contribution is 6.36. The number of imide groups is 1. The van der Waals surface area contributed by atoms with E-state index >= 15 is 0 Å². The molecule has 0 aliphatic carbocycles. The maximum Gasteiger partial charge on any atom is 0.278 e. The number of amides is 2. The van der Waals surface area contributed by atoms with Gasteiger partial charge in [-0.2, -0.15) is 0 Å².